The Labute approximate surface area is 179 Å². The van der Waals surface area contributed by atoms with Crippen molar-refractivity contribution in [3.8, 4) is 5.69 Å². The van der Waals surface area contributed by atoms with Gasteiger partial charge in [-0.05, 0) is 56.0 Å². The van der Waals surface area contributed by atoms with Crippen LogP contribution < -0.4 is 21.3 Å². The summed E-state index contributed by atoms with van der Waals surface area (Å²) in [5.41, 5.74) is 6.50. The zero-order valence-corrected chi connectivity index (χ0v) is 17.9. The molecule has 0 atom stereocenters. The van der Waals surface area contributed by atoms with Crippen molar-refractivity contribution in [1.29, 1.82) is 0 Å². The van der Waals surface area contributed by atoms with Gasteiger partial charge in [0.15, 0.2) is 11.5 Å². The number of rotatable bonds is 4. The van der Waals surface area contributed by atoms with E-state index in [-0.39, 0.29) is 5.56 Å². The van der Waals surface area contributed by atoms with Gasteiger partial charge in [0.2, 0.25) is 0 Å². The number of aromatic nitrogens is 5. The van der Waals surface area contributed by atoms with Crippen molar-refractivity contribution in [2.75, 3.05) is 5.32 Å². The van der Waals surface area contributed by atoms with E-state index < -0.39 is 0 Å². The predicted molar refractivity (Wildman–Crippen MR) is 123 cm³/mol. The molecule has 0 radical (unpaired) electrons. The second-order valence-corrected chi connectivity index (χ2v) is 8.05. The van der Waals surface area contributed by atoms with E-state index in [1.807, 2.05) is 36.6 Å². The average molecular weight is 412 g/mol. The van der Waals surface area contributed by atoms with Gasteiger partial charge in [0.25, 0.3) is 5.56 Å². The smallest absolute Gasteiger partial charge is 0.263 e. The van der Waals surface area contributed by atoms with Crippen LogP contribution in [0.4, 0.5) is 5.82 Å². The number of H-pyrrole nitrogens is 1. The van der Waals surface area contributed by atoms with Crippen LogP contribution in [0.3, 0.4) is 0 Å². The summed E-state index contributed by atoms with van der Waals surface area (Å²) < 4.78 is 1.86. The van der Waals surface area contributed by atoms with Gasteiger partial charge in [-0.3, -0.25) is 9.36 Å². The molecule has 3 heterocycles. The molecular formula is C24H24N6O. The summed E-state index contributed by atoms with van der Waals surface area (Å²) in [5.74, 6) is 0.635. The molecule has 3 aromatic heterocycles. The molecule has 0 amide bonds. The quantitative estimate of drug-likeness (QED) is 0.538. The molecule has 0 spiro atoms. The standard InChI is InChI=1S/C24H24N6O/c1-14-6-5-9-17-10-18(11-25-22-20-23(27-12-26-20)29-13-28-22)30(24(31)19(14)17)21-15(2)7-4-8-16(21)3/h4,7-10,12-13H,5-6,11H2,1-3H3,(H2,25,26,27,28,29). The molecule has 0 aliphatic heterocycles. The summed E-state index contributed by atoms with van der Waals surface area (Å²) in [4.78, 5) is 29.6. The van der Waals surface area contributed by atoms with Crippen molar-refractivity contribution in [3.63, 3.8) is 0 Å². The molecule has 0 saturated heterocycles. The van der Waals surface area contributed by atoms with Gasteiger partial charge in [0.05, 0.1) is 18.6 Å². The molecule has 0 saturated carbocycles. The molecule has 0 fully saturated rings. The number of imidazole rings is 1. The van der Waals surface area contributed by atoms with Crippen molar-refractivity contribution in [1.82, 2.24) is 24.5 Å². The van der Waals surface area contributed by atoms with Gasteiger partial charge in [-0.1, -0.05) is 29.8 Å². The van der Waals surface area contributed by atoms with Gasteiger partial charge in [-0.15, -0.1) is 0 Å². The van der Waals surface area contributed by atoms with Crippen LogP contribution in [0.5, 0.6) is 0 Å². The number of aromatic amines is 1. The third kappa shape index (κ3) is 3.22. The monoisotopic (exact) mass is 412 g/mol. The fourth-order valence-corrected chi connectivity index (χ4v) is 4.44. The van der Waals surface area contributed by atoms with Crippen LogP contribution in [-0.2, 0) is 6.54 Å². The SMILES string of the molecule is CC1=c2c(cc(CNc3ncnc4[nH]cnc34)n(-c3c(C)cccc3C)c2=O)=CCC1. The Morgan fingerprint density at radius 3 is 2.74 bits per heavy atom. The molecule has 7 heteroatoms. The molecule has 1 aliphatic rings. The normalized spacial score (nSPS) is 13.2. The first-order valence-electron chi connectivity index (χ1n) is 10.4. The Morgan fingerprint density at radius 2 is 1.94 bits per heavy atom. The Hall–Kier alpha value is -3.74. The molecule has 1 aromatic carbocycles. The summed E-state index contributed by atoms with van der Waals surface area (Å²) in [7, 11) is 0. The van der Waals surface area contributed by atoms with Gasteiger partial charge < -0.3 is 10.3 Å². The highest BCUT2D eigenvalue weighted by Gasteiger charge is 2.16. The van der Waals surface area contributed by atoms with E-state index >= 15 is 0 Å². The molecule has 0 bridgehead atoms. The number of hydrogen-bond acceptors (Lipinski definition) is 5. The molecule has 156 valence electrons. The molecule has 0 unspecified atom stereocenters. The second kappa shape index (κ2) is 7.50. The van der Waals surface area contributed by atoms with E-state index in [9.17, 15) is 4.79 Å². The van der Waals surface area contributed by atoms with E-state index in [2.05, 4.69) is 44.3 Å². The lowest BCUT2D eigenvalue weighted by atomic mass is 10.0. The molecule has 7 nitrogen and oxygen atoms in total. The number of benzene rings is 1. The summed E-state index contributed by atoms with van der Waals surface area (Å²) in [6.07, 6.45) is 7.14. The maximum absolute atomic E-state index is 13.8. The highest BCUT2D eigenvalue weighted by atomic mass is 16.1. The lowest BCUT2D eigenvalue weighted by Gasteiger charge is -2.20. The third-order valence-corrected chi connectivity index (χ3v) is 5.94. The van der Waals surface area contributed by atoms with Crippen molar-refractivity contribution in [2.24, 2.45) is 0 Å². The zero-order valence-electron chi connectivity index (χ0n) is 17.9. The minimum atomic E-state index is 0.0350. The Morgan fingerprint density at radius 1 is 1.13 bits per heavy atom. The highest BCUT2D eigenvalue weighted by Crippen LogP contribution is 2.20. The fourth-order valence-electron chi connectivity index (χ4n) is 4.44. The lowest BCUT2D eigenvalue weighted by molar-refractivity contribution is 0.846. The largest absolute Gasteiger partial charge is 0.363 e. The summed E-state index contributed by atoms with van der Waals surface area (Å²) in [6.45, 7) is 6.59. The number of anilines is 1. The maximum Gasteiger partial charge on any atom is 0.263 e. The third-order valence-electron chi connectivity index (χ3n) is 5.94. The van der Waals surface area contributed by atoms with Crippen LogP contribution in [0.1, 0.15) is 36.6 Å². The number of para-hydroxylation sites is 1. The van der Waals surface area contributed by atoms with Gasteiger partial charge in [-0.25, -0.2) is 15.0 Å². The van der Waals surface area contributed by atoms with Crippen LogP contribution in [0.25, 0.3) is 28.5 Å². The first-order chi connectivity index (χ1) is 15.0. The van der Waals surface area contributed by atoms with Crippen LogP contribution in [0.2, 0.25) is 0 Å². The van der Waals surface area contributed by atoms with Gasteiger partial charge >= 0.3 is 0 Å². The Bertz CT molecular complexity index is 1470. The van der Waals surface area contributed by atoms with E-state index in [0.717, 1.165) is 51.4 Å². The van der Waals surface area contributed by atoms with Gasteiger partial charge in [0.1, 0.15) is 11.8 Å². The molecule has 31 heavy (non-hydrogen) atoms. The lowest BCUT2D eigenvalue weighted by Crippen LogP contribution is -2.48. The predicted octanol–water partition coefficient (Wildman–Crippen LogP) is 2.48. The van der Waals surface area contributed by atoms with Gasteiger partial charge in [0, 0.05) is 10.9 Å². The minimum Gasteiger partial charge on any atom is -0.363 e. The van der Waals surface area contributed by atoms with E-state index in [1.54, 1.807) is 6.33 Å². The van der Waals surface area contributed by atoms with E-state index in [1.165, 1.54) is 6.33 Å². The van der Waals surface area contributed by atoms with Crippen molar-refractivity contribution in [2.45, 2.75) is 40.2 Å². The molecular weight excluding hydrogens is 388 g/mol. The highest BCUT2D eigenvalue weighted by molar-refractivity contribution is 5.81. The maximum atomic E-state index is 13.8. The minimum absolute atomic E-state index is 0.0350. The average Bonchev–Trinajstić information content (AvgIpc) is 3.23. The molecule has 2 N–H and O–H groups in total. The number of aryl methyl sites for hydroxylation is 2. The number of nitrogens with one attached hydrogen (secondary N) is 2. The van der Waals surface area contributed by atoms with E-state index in [4.69, 9.17) is 0 Å². The summed E-state index contributed by atoms with van der Waals surface area (Å²) >= 11 is 0. The Kier molecular flexibility index (Phi) is 4.66. The summed E-state index contributed by atoms with van der Waals surface area (Å²) in [6, 6.07) is 8.24. The van der Waals surface area contributed by atoms with Crippen LogP contribution in [0, 0.1) is 13.8 Å². The van der Waals surface area contributed by atoms with Crippen molar-refractivity contribution in [3.05, 3.63) is 74.5 Å². The molecule has 4 aromatic rings. The molecule has 1 aliphatic carbocycles. The number of pyridine rings is 1. The number of nitrogens with zero attached hydrogens (tertiary/aromatic N) is 4. The van der Waals surface area contributed by atoms with E-state index in [0.29, 0.717) is 23.5 Å². The number of fused-ring (bicyclic) bond motifs is 2. The van der Waals surface area contributed by atoms with Gasteiger partial charge in [-0.2, -0.15) is 0 Å². The molecule has 5 rings (SSSR count). The van der Waals surface area contributed by atoms with Crippen LogP contribution in [-0.4, -0.2) is 24.5 Å². The number of hydrogen-bond donors (Lipinski definition) is 2. The fraction of sp³-hybridized carbons (Fsp3) is 0.250. The first kappa shape index (κ1) is 19.2. The topological polar surface area (TPSA) is 88.5 Å². The van der Waals surface area contributed by atoms with Crippen molar-refractivity contribution >= 4 is 28.6 Å². The van der Waals surface area contributed by atoms with Crippen LogP contribution >= 0.6 is 0 Å². The Balaban J connectivity index is 1.72. The zero-order chi connectivity index (χ0) is 21.5. The van der Waals surface area contributed by atoms with Crippen molar-refractivity contribution < 1.29 is 0 Å². The first-order valence-corrected chi connectivity index (χ1v) is 10.4. The van der Waals surface area contributed by atoms with Crippen LogP contribution in [0.15, 0.2) is 41.7 Å². The second-order valence-electron chi connectivity index (χ2n) is 8.05. The summed E-state index contributed by atoms with van der Waals surface area (Å²) in [5, 5.41) is 5.21.